The van der Waals surface area contributed by atoms with Crippen molar-refractivity contribution >= 4 is 52.5 Å². The van der Waals surface area contributed by atoms with Crippen molar-refractivity contribution in [1.82, 2.24) is 0 Å². The summed E-state index contributed by atoms with van der Waals surface area (Å²) in [5.74, 6) is 0.263. The van der Waals surface area contributed by atoms with E-state index in [1.807, 2.05) is 18.2 Å². The first-order valence-corrected chi connectivity index (χ1v) is 11.3. The first kappa shape index (κ1) is 24.4. The van der Waals surface area contributed by atoms with E-state index in [1.54, 1.807) is 62.8 Å². The van der Waals surface area contributed by atoms with Crippen molar-refractivity contribution < 1.29 is 23.8 Å². The third kappa shape index (κ3) is 4.90. The standard InChI is InChI=1S/C27H21Cl2NO5/c1-33-24-11-4-16(13-25(24)34-2)12-18-14-23(17-5-7-19(28)8-6-17)30(26(18)31)20-9-10-22(29)21(15-20)27(32)35-3/h4-15H,1-3H3/b18-12+. The number of nitrogens with zero attached hydrogens (tertiary/aromatic N) is 1. The van der Waals surface area contributed by atoms with Gasteiger partial charge in [0, 0.05) is 10.6 Å². The summed E-state index contributed by atoms with van der Waals surface area (Å²) in [6, 6.07) is 17.3. The zero-order valence-corrected chi connectivity index (χ0v) is 20.7. The summed E-state index contributed by atoms with van der Waals surface area (Å²) in [5, 5.41) is 0.802. The third-order valence-electron chi connectivity index (χ3n) is 5.47. The topological polar surface area (TPSA) is 65.1 Å². The smallest absolute Gasteiger partial charge is 0.339 e. The highest BCUT2D eigenvalue weighted by molar-refractivity contribution is 6.34. The minimum atomic E-state index is -0.596. The van der Waals surface area contributed by atoms with Crippen LogP contribution in [-0.2, 0) is 9.53 Å². The van der Waals surface area contributed by atoms with Crippen molar-refractivity contribution in [3.05, 3.63) is 99.0 Å². The van der Waals surface area contributed by atoms with Gasteiger partial charge in [0.1, 0.15) is 0 Å². The molecule has 0 unspecified atom stereocenters. The molecular formula is C27H21Cl2NO5. The van der Waals surface area contributed by atoms with Gasteiger partial charge >= 0.3 is 5.97 Å². The lowest BCUT2D eigenvalue weighted by atomic mass is 10.1. The Bertz CT molecular complexity index is 1360. The van der Waals surface area contributed by atoms with Crippen LogP contribution in [-0.4, -0.2) is 33.2 Å². The Labute approximate surface area is 212 Å². The van der Waals surface area contributed by atoms with Gasteiger partial charge in [-0.1, -0.05) is 41.4 Å². The summed E-state index contributed by atoms with van der Waals surface area (Å²) < 4.78 is 15.5. The van der Waals surface area contributed by atoms with Gasteiger partial charge in [0.2, 0.25) is 0 Å². The number of anilines is 1. The molecule has 0 fully saturated rings. The SMILES string of the molecule is COC(=O)c1cc(N2C(=O)/C(=C/c3ccc(OC)c(OC)c3)C=C2c2ccc(Cl)cc2)ccc1Cl. The molecule has 0 N–H and O–H groups in total. The normalized spacial score (nSPS) is 14.2. The molecule has 3 aromatic carbocycles. The van der Waals surface area contributed by atoms with Crippen molar-refractivity contribution in [3.8, 4) is 11.5 Å². The Hall–Kier alpha value is -3.74. The minimum absolute atomic E-state index is 0.159. The summed E-state index contributed by atoms with van der Waals surface area (Å²) >= 11 is 12.3. The predicted octanol–water partition coefficient (Wildman–Crippen LogP) is 6.27. The second kappa shape index (κ2) is 10.3. The molecule has 1 aliphatic rings. The van der Waals surface area contributed by atoms with Crippen molar-refractivity contribution in [2.24, 2.45) is 0 Å². The first-order valence-electron chi connectivity index (χ1n) is 10.5. The van der Waals surface area contributed by atoms with E-state index in [-0.39, 0.29) is 16.5 Å². The molecule has 3 aromatic rings. The van der Waals surface area contributed by atoms with Gasteiger partial charge in [0.05, 0.1) is 43.3 Å². The molecule has 1 aliphatic heterocycles. The average Bonchev–Trinajstić information content (AvgIpc) is 3.19. The molecule has 0 saturated carbocycles. The fourth-order valence-electron chi connectivity index (χ4n) is 3.75. The van der Waals surface area contributed by atoms with Gasteiger partial charge in [0.15, 0.2) is 11.5 Å². The molecule has 1 amide bonds. The molecule has 35 heavy (non-hydrogen) atoms. The highest BCUT2D eigenvalue weighted by Crippen LogP contribution is 2.38. The minimum Gasteiger partial charge on any atom is -0.493 e. The van der Waals surface area contributed by atoms with Crippen LogP contribution >= 0.6 is 23.2 Å². The van der Waals surface area contributed by atoms with Gasteiger partial charge in [-0.05, 0) is 65.7 Å². The van der Waals surface area contributed by atoms with E-state index in [9.17, 15) is 9.59 Å². The van der Waals surface area contributed by atoms with Crippen LogP contribution in [0.15, 0.2) is 72.3 Å². The first-order chi connectivity index (χ1) is 16.9. The molecule has 8 heteroatoms. The summed E-state index contributed by atoms with van der Waals surface area (Å²) in [6.45, 7) is 0. The molecule has 1 heterocycles. The monoisotopic (exact) mass is 509 g/mol. The number of esters is 1. The van der Waals surface area contributed by atoms with Crippen LogP contribution in [0, 0.1) is 0 Å². The van der Waals surface area contributed by atoms with Gasteiger partial charge < -0.3 is 14.2 Å². The fourth-order valence-corrected chi connectivity index (χ4v) is 4.07. The van der Waals surface area contributed by atoms with Gasteiger partial charge in [-0.3, -0.25) is 9.69 Å². The number of rotatable bonds is 6. The Morgan fingerprint density at radius 3 is 2.26 bits per heavy atom. The number of benzene rings is 3. The third-order valence-corrected chi connectivity index (χ3v) is 6.05. The van der Waals surface area contributed by atoms with Crippen molar-refractivity contribution in [1.29, 1.82) is 0 Å². The van der Waals surface area contributed by atoms with Crippen LogP contribution < -0.4 is 14.4 Å². The van der Waals surface area contributed by atoms with Crippen LogP contribution in [0.2, 0.25) is 10.0 Å². The zero-order valence-electron chi connectivity index (χ0n) is 19.2. The number of carbonyl (C=O) groups excluding carboxylic acids is 2. The molecule has 0 aliphatic carbocycles. The largest absolute Gasteiger partial charge is 0.493 e. The van der Waals surface area contributed by atoms with Gasteiger partial charge in [-0.15, -0.1) is 0 Å². The number of carbonyl (C=O) groups is 2. The maximum Gasteiger partial charge on any atom is 0.339 e. The summed E-state index contributed by atoms with van der Waals surface area (Å²) in [7, 11) is 4.38. The van der Waals surface area contributed by atoms with Gasteiger partial charge in [0.25, 0.3) is 5.91 Å². The fraction of sp³-hybridized carbons (Fsp3) is 0.111. The van der Waals surface area contributed by atoms with Crippen molar-refractivity contribution in [3.63, 3.8) is 0 Å². The van der Waals surface area contributed by atoms with Gasteiger partial charge in [-0.25, -0.2) is 4.79 Å². The van der Waals surface area contributed by atoms with Crippen LogP contribution in [0.1, 0.15) is 21.5 Å². The number of hydrogen-bond donors (Lipinski definition) is 0. The van der Waals surface area contributed by atoms with Crippen LogP contribution in [0.5, 0.6) is 11.5 Å². The number of halogens is 2. The van der Waals surface area contributed by atoms with E-state index in [2.05, 4.69) is 0 Å². The lowest BCUT2D eigenvalue weighted by molar-refractivity contribution is -0.113. The number of hydrogen-bond acceptors (Lipinski definition) is 5. The van der Waals surface area contributed by atoms with E-state index in [0.29, 0.717) is 33.5 Å². The lowest BCUT2D eigenvalue weighted by Crippen LogP contribution is -2.25. The molecule has 0 aromatic heterocycles. The quantitative estimate of drug-likeness (QED) is 0.289. The molecule has 0 spiro atoms. The molecule has 0 bridgehead atoms. The number of methoxy groups -OCH3 is 3. The summed E-state index contributed by atoms with van der Waals surface area (Å²) in [5.41, 5.74) is 3.22. The molecular weight excluding hydrogens is 489 g/mol. The van der Waals surface area contributed by atoms with E-state index in [4.69, 9.17) is 37.4 Å². The maximum atomic E-state index is 13.6. The number of ether oxygens (including phenoxy) is 3. The molecule has 0 radical (unpaired) electrons. The second-order valence-electron chi connectivity index (χ2n) is 7.55. The summed E-state index contributed by atoms with van der Waals surface area (Å²) in [6.07, 6.45) is 3.55. The van der Waals surface area contributed by atoms with Crippen LogP contribution in [0.4, 0.5) is 5.69 Å². The predicted molar refractivity (Wildman–Crippen MR) is 137 cm³/mol. The Kier molecular flexibility index (Phi) is 7.15. The lowest BCUT2D eigenvalue weighted by Gasteiger charge is -2.21. The Morgan fingerprint density at radius 2 is 1.60 bits per heavy atom. The molecule has 6 nitrogen and oxygen atoms in total. The highest BCUT2D eigenvalue weighted by atomic mass is 35.5. The maximum absolute atomic E-state index is 13.6. The van der Waals surface area contributed by atoms with E-state index >= 15 is 0 Å². The van der Waals surface area contributed by atoms with E-state index in [0.717, 1.165) is 11.1 Å². The molecule has 178 valence electrons. The van der Waals surface area contributed by atoms with Crippen LogP contribution in [0.25, 0.3) is 11.8 Å². The van der Waals surface area contributed by atoms with Crippen molar-refractivity contribution in [2.45, 2.75) is 0 Å². The Morgan fingerprint density at radius 1 is 0.886 bits per heavy atom. The number of amides is 1. The van der Waals surface area contributed by atoms with Crippen LogP contribution in [0.3, 0.4) is 0 Å². The zero-order chi connectivity index (χ0) is 25.1. The van der Waals surface area contributed by atoms with Gasteiger partial charge in [-0.2, -0.15) is 0 Å². The summed E-state index contributed by atoms with van der Waals surface area (Å²) in [4.78, 5) is 27.4. The highest BCUT2D eigenvalue weighted by Gasteiger charge is 2.31. The molecule has 4 rings (SSSR count). The average molecular weight is 510 g/mol. The molecule has 0 saturated heterocycles. The Balaban J connectivity index is 1.83. The van der Waals surface area contributed by atoms with E-state index < -0.39 is 5.97 Å². The van der Waals surface area contributed by atoms with Crippen molar-refractivity contribution in [2.75, 3.05) is 26.2 Å². The van der Waals surface area contributed by atoms with E-state index in [1.165, 1.54) is 18.1 Å². The molecule has 0 atom stereocenters. The second-order valence-corrected chi connectivity index (χ2v) is 8.39.